The van der Waals surface area contributed by atoms with E-state index in [0.717, 1.165) is 29.7 Å². The van der Waals surface area contributed by atoms with Crippen LogP contribution in [0.1, 0.15) is 61.8 Å². The fourth-order valence-corrected chi connectivity index (χ4v) is 4.12. The zero-order valence-electron chi connectivity index (χ0n) is 19.5. The zero-order chi connectivity index (χ0) is 24.0. The van der Waals surface area contributed by atoms with Crippen molar-refractivity contribution < 1.29 is 25.2 Å². The predicted molar refractivity (Wildman–Crippen MR) is 125 cm³/mol. The third kappa shape index (κ3) is 5.64. The number of likely N-dealkylation sites (tertiary alicyclic amines) is 1. The van der Waals surface area contributed by atoms with Gasteiger partial charge in [0.05, 0.1) is 25.8 Å². The quantitative estimate of drug-likeness (QED) is 0.388. The SMILES string of the molecule is [2H]C1(c2ccc(-c3ccco3)cc2)CCCN1C(=O)c1ccccc1OCCCCCC(=O)O. The largest absolute Gasteiger partial charge is 0.493 e. The molecule has 1 aliphatic heterocycles. The van der Waals surface area contributed by atoms with E-state index in [0.29, 0.717) is 43.7 Å². The van der Waals surface area contributed by atoms with Gasteiger partial charge in [0, 0.05) is 18.5 Å². The first-order valence-corrected chi connectivity index (χ1v) is 11.4. The average molecular weight is 449 g/mol. The van der Waals surface area contributed by atoms with Crippen molar-refractivity contribution in [3.63, 3.8) is 0 Å². The Labute approximate surface area is 195 Å². The summed E-state index contributed by atoms with van der Waals surface area (Å²) in [5.41, 5.74) is 2.14. The minimum absolute atomic E-state index is 0.151. The highest BCUT2D eigenvalue weighted by Crippen LogP contribution is 2.35. The number of benzene rings is 2. The van der Waals surface area contributed by atoms with Crippen LogP contribution in [-0.2, 0) is 4.79 Å². The lowest BCUT2D eigenvalue weighted by Gasteiger charge is -2.26. The highest BCUT2D eigenvalue weighted by Gasteiger charge is 2.31. The maximum atomic E-state index is 13.6. The summed E-state index contributed by atoms with van der Waals surface area (Å²) < 4.78 is 20.6. The van der Waals surface area contributed by atoms with E-state index in [9.17, 15) is 11.0 Å². The Hall–Kier alpha value is -3.54. The van der Waals surface area contributed by atoms with Crippen molar-refractivity contribution in [2.24, 2.45) is 0 Å². The first kappa shape index (κ1) is 21.3. The van der Waals surface area contributed by atoms with Crippen LogP contribution < -0.4 is 4.74 Å². The van der Waals surface area contributed by atoms with Gasteiger partial charge in [0.1, 0.15) is 11.5 Å². The Kier molecular flexibility index (Phi) is 7.01. The van der Waals surface area contributed by atoms with Crippen LogP contribution in [-0.4, -0.2) is 35.0 Å². The number of furan rings is 1. The Morgan fingerprint density at radius 3 is 2.64 bits per heavy atom. The lowest BCUT2D eigenvalue weighted by Crippen LogP contribution is -2.31. The molecule has 1 unspecified atom stereocenters. The molecular weight excluding hydrogens is 418 g/mol. The maximum Gasteiger partial charge on any atom is 0.303 e. The van der Waals surface area contributed by atoms with E-state index in [1.54, 1.807) is 29.4 Å². The van der Waals surface area contributed by atoms with Crippen molar-refractivity contribution in [2.45, 2.75) is 44.5 Å². The minimum atomic E-state index is -1.15. The van der Waals surface area contributed by atoms with E-state index in [1.807, 2.05) is 42.5 Å². The van der Waals surface area contributed by atoms with E-state index in [-0.39, 0.29) is 12.3 Å². The summed E-state index contributed by atoms with van der Waals surface area (Å²) in [5, 5.41) is 8.74. The van der Waals surface area contributed by atoms with Crippen LogP contribution in [0.15, 0.2) is 71.3 Å². The Bertz CT molecular complexity index is 1110. The van der Waals surface area contributed by atoms with Gasteiger partial charge in [-0.2, -0.15) is 0 Å². The van der Waals surface area contributed by atoms with E-state index in [1.165, 1.54) is 0 Å². The number of hydrogen-bond donors (Lipinski definition) is 1. The van der Waals surface area contributed by atoms with Crippen LogP contribution in [0.25, 0.3) is 11.3 Å². The first-order valence-electron chi connectivity index (χ1n) is 11.9. The molecule has 6 nitrogen and oxygen atoms in total. The number of rotatable bonds is 10. The van der Waals surface area contributed by atoms with Gasteiger partial charge in [-0.15, -0.1) is 0 Å². The Morgan fingerprint density at radius 2 is 1.88 bits per heavy atom. The number of carboxylic acid groups (broad SMARTS) is 1. The average Bonchev–Trinajstić information content (AvgIpc) is 3.52. The van der Waals surface area contributed by atoms with Crippen LogP contribution in [0, 0.1) is 0 Å². The molecule has 0 radical (unpaired) electrons. The van der Waals surface area contributed by atoms with Crippen LogP contribution in [0.4, 0.5) is 0 Å². The highest BCUT2D eigenvalue weighted by atomic mass is 16.5. The summed E-state index contributed by atoms with van der Waals surface area (Å²) in [6, 6.07) is 17.3. The lowest BCUT2D eigenvalue weighted by molar-refractivity contribution is -0.137. The lowest BCUT2D eigenvalue weighted by atomic mass is 10.0. The maximum absolute atomic E-state index is 13.6. The summed E-state index contributed by atoms with van der Waals surface area (Å²) in [4.78, 5) is 25.8. The zero-order valence-corrected chi connectivity index (χ0v) is 18.5. The van der Waals surface area contributed by atoms with Gasteiger partial charge in [-0.3, -0.25) is 9.59 Å². The van der Waals surface area contributed by atoms with Gasteiger partial charge in [0.2, 0.25) is 0 Å². The summed E-state index contributed by atoms with van der Waals surface area (Å²) in [6.45, 7) is 0.913. The molecule has 0 aliphatic carbocycles. The molecule has 4 rings (SSSR count). The molecule has 0 bridgehead atoms. The van der Waals surface area contributed by atoms with Gasteiger partial charge in [0.25, 0.3) is 5.91 Å². The number of carbonyl (C=O) groups excluding carboxylic acids is 1. The number of ether oxygens (including phenoxy) is 1. The van der Waals surface area contributed by atoms with E-state index in [2.05, 4.69) is 0 Å². The molecule has 6 heteroatoms. The molecule has 1 atom stereocenters. The van der Waals surface area contributed by atoms with Crippen LogP contribution in [0.5, 0.6) is 5.75 Å². The van der Waals surface area contributed by atoms with Crippen molar-refractivity contribution in [1.82, 2.24) is 4.90 Å². The van der Waals surface area contributed by atoms with Crippen molar-refractivity contribution >= 4 is 11.9 Å². The number of para-hydroxylation sites is 1. The molecule has 1 fully saturated rings. The highest BCUT2D eigenvalue weighted by molar-refractivity contribution is 5.97. The Morgan fingerprint density at radius 1 is 1.06 bits per heavy atom. The van der Waals surface area contributed by atoms with Crippen molar-refractivity contribution in [2.75, 3.05) is 13.2 Å². The van der Waals surface area contributed by atoms with Gasteiger partial charge < -0.3 is 19.2 Å². The normalized spacial score (nSPS) is 18.2. The summed E-state index contributed by atoms with van der Waals surface area (Å²) >= 11 is 0. The number of hydrogen-bond acceptors (Lipinski definition) is 4. The van der Waals surface area contributed by atoms with Crippen LogP contribution >= 0.6 is 0 Å². The van der Waals surface area contributed by atoms with Gasteiger partial charge in [-0.05, 0) is 61.9 Å². The summed E-state index contributed by atoms with van der Waals surface area (Å²) in [7, 11) is 0. The molecule has 1 aromatic heterocycles. The van der Waals surface area contributed by atoms with Crippen molar-refractivity contribution in [3.05, 3.63) is 78.1 Å². The fraction of sp³-hybridized carbons (Fsp3) is 0.333. The number of carboxylic acids is 1. The van der Waals surface area contributed by atoms with E-state index in [4.69, 9.17) is 14.3 Å². The molecule has 1 amide bonds. The predicted octanol–water partition coefficient (Wildman–Crippen LogP) is 5.95. The van der Waals surface area contributed by atoms with Crippen LogP contribution in [0.3, 0.4) is 0 Å². The minimum Gasteiger partial charge on any atom is -0.493 e. The van der Waals surface area contributed by atoms with Gasteiger partial charge in [-0.1, -0.05) is 36.4 Å². The molecule has 1 aliphatic rings. The molecule has 33 heavy (non-hydrogen) atoms. The summed E-state index contributed by atoms with van der Waals surface area (Å²) in [6.07, 6.45) is 5.16. The molecule has 0 saturated carbocycles. The molecule has 3 aromatic rings. The van der Waals surface area contributed by atoms with E-state index >= 15 is 0 Å². The summed E-state index contributed by atoms with van der Waals surface area (Å²) in [5.74, 6) is 0.244. The third-order valence-corrected chi connectivity index (χ3v) is 5.80. The second-order valence-corrected chi connectivity index (χ2v) is 8.11. The number of nitrogens with zero attached hydrogens (tertiary/aromatic N) is 1. The standard InChI is InChI=1S/C27H29NO5/c29-26(30)12-2-1-5-18-33-25-10-4-3-8-22(25)27(31)28-17-6-9-23(28)20-13-15-21(16-14-20)24-11-7-19-32-24/h3-4,7-8,10-11,13-16,19,23H,1-2,5-6,9,12,17-18H2,(H,29,30)/i23D. The van der Waals surface area contributed by atoms with Crippen molar-refractivity contribution in [3.8, 4) is 17.1 Å². The Balaban J connectivity index is 1.46. The van der Waals surface area contributed by atoms with Gasteiger partial charge in [0.15, 0.2) is 0 Å². The smallest absolute Gasteiger partial charge is 0.303 e. The number of carbonyl (C=O) groups is 2. The number of amides is 1. The van der Waals surface area contributed by atoms with Crippen LogP contribution in [0.2, 0.25) is 0 Å². The first-order chi connectivity index (χ1) is 16.5. The molecule has 1 N–H and O–H groups in total. The molecule has 2 aromatic carbocycles. The van der Waals surface area contributed by atoms with Gasteiger partial charge in [-0.25, -0.2) is 0 Å². The van der Waals surface area contributed by atoms with Gasteiger partial charge >= 0.3 is 5.97 Å². The van der Waals surface area contributed by atoms with Crippen molar-refractivity contribution in [1.29, 1.82) is 0 Å². The molecule has 1 saturated heterocycles. The second kappa shape index (κ2) is 10.9. The third-order valence-electron chi connectivity index (χ3n) is 5.80. The monoisotopic (exact) mass is 448 g/mol. The molecule has 0 spiro atoms. The molecule has 2 heterocycles. The molecular formula is C27H29NO5. The number of unbranched alkanes of at least 4 members (excludes halogenated alkanes) is 2. The topological polar surface area (TPSA) is 80.0 Å². The second-order valence-electron chi connectivity index (χ2n) is 8.11. The van der Waals surface area contributed by atoms with E-state index < -0.39 is 12.0 Å². The fourth-order valence-electron chi connectivity index (χ4n) is 4.12. The molecule has 172 valence electrons. The number of aliphatic carboxylic acids is 1.